The summed E-state index contributed by atoms with van der Waals surface area (Å²) in [5.74, 6) is -1.43. The number of pyridine rings is 1. The van der Waals surface area contributed by atoms with E-state index in [4.69, 9.17) is 11.6 Å². The number of aromatic nitrogens is 1. The van der Waals surface area contributed by atoms with Crippen LogP contribution in [-0.4, -0.2) is 34.8 Å². The summed E-state index contributed by atoms with van der Waals surface area (Å²) in [6.45, 7) is 1.41. The molecule has 192 valence electrons. The molecule has 0 unspecified atom stereocenters. The van der Waals surface area contributed by atoms with E-state index >= 15 is 0 Å². The molecule has 0 aliphatic heterocycles. The summed E-state index contributed by atoms with van der Waals surface area (Å²) >= 11 is 5.60. The Labute approximate surface area is 215 Å². The van der Waals surface area contributed by atoms with Gasteiger partial charge in [0.05, 0.1) is 16.1 Å². The third-order valence-corrected chi connectivity index (χ3v) is 6.00. The molecular formula is C26H22ClF3N4O3. The topological polar surface area (TPSA) is 100 Å². The first-order valence-corrected chi connectivity index (χ1v) is 11.7. The highest BCUT2D eigenvalue weighted by Gasteiger charge is 2.33. The fourth-order valence-corrected chi connectivity index (χ4v) is 3.67. The van der Waals surface area contributed by atoms with E-state index in [0.29, 0.717) is 11.1 Å². The first-order valence-electron chi connectivity index (χ1n) is 11.4. The SMILES string of the molecule is C[C@H](NC(=O)c1ccc(-c2cncc(C(=O)NC3CC3)c2)cc1)C(=O)Nc1ccc(Cl)c(C(F)(F)F)c1. The molecule has 0 bridgehead atoms. The van der Waals surface area contributed by atoms with Crippen LogP contribution >= 0.6 is 11.6 Å². The molecule has 7 nitrogen and oxygen atoms in total. The predicted molar refractivity (Wildman–Crippen MR) is 132 cm³/mol. The Balaban J connectivity index is 1.38. The minimum absolute atomic E-state index is 0.103. The maximum Gasteiger partial charge on any atom is 0.417 e. The molecular weight excluding hydrogens is 509 g/mol. The van der Waals surface area contributed by atoms with Crippen molar-refractivity contribution in [3.8, 4) is 11.1 Å². The molecule has 1 atom stereocenters. The van der Waals surface area contributed by atoms with Gasteiger partial charge in [0, 0.05) is 35.2 Å². The first-order chi connectivity index (χ1) is 17.5. The van der Waals surface area contributed by atoms with E-state index in [1.165, 1.54) is 19.2 Å². The molecule has 3 amide bonds. The molecule has 0 spiro atoms. The zero-order chi connectivity index (χ0) is 26.7. The number of alkyl halides is 3. The fourth-order valence-electron chi connectivity index (χ4n) is 3.45. The number of halogens is 4. The molecule has 1 aliphatic rings. The molecule has 11 heteroatoms. The first kappa shape index (κ1) is 26.2. The highest BCUT2D eigenvalue weighted by molar-refractivity contribution is 6.31. The molecule has 1 saturated carbocycles. The van der Waals surface area contributed by atoms with Crippen LogP contribution in [0.5, 0.6) is 0 Å². The van der Waals surface area contributed by atoms with Gasteiger partial charge in [-0.05, 0) is 61.7 Å². The third kappa shape index (κ3) is 6.65. The Morgan fingerprint density at radius 1 is 0.946 bits per heavy atom. The van der Waals surface area contributed by atoms with Crippen LogP contribution in [0.25, 0.3) is 11.1 Å². The van der Waals surface area contributed by atoms with Crippen molar-refractivity contribution in [2.45, 2.75) is 38.0 Å². The summed E-state index contributed by atoms with van der Waals surface area (Å²) in [4.78, 5) is 41.5. The zero-order valence-corrected chi connectivity index (χ0v) is 20.3. The second-order valence-electron chi connectivity index (χ2n) is 8.66. The van der Waals surface area contributed by atoms with Crippen molar-refractivity contribution in [3.05, 3.63) is 82.6 Å². The zero-order valence-electron chi connectivity index (χ0n) is 19.5. The summed E-state index contributed by atoms with van der Waals surface area (Å²) in [5.41, 5.74) is 0.962. The van der Waals surface area contributed by atoms with E-state index < -0.39 is 34.6 Å². The Kier molecular flexibility index (Phi) is 7.49. The summed E-state index contributed by atoms with van der Waals surface area (Å²) in [6, 6.07) is 10.4. The van der Waals surface area contributed by atoms with E-state index in [0.717, 1.165) is 30.5 Å². The lowest BCUT2D eigenvalue weighted by atomic mass is 10.0. The van der Waals surface area contributed by atoms with Crippen LogP contribution in [0.2, 0.25) is 5.02 Å². The number of nitrogens with one attached hydrogen (secondary N) is 3. The third-order valence-electron chi connectivity index (χ3n) is 5.67. The van der Waals surface area contributed by atoms with Crippen molar-refractivity contribution in [2.24, 2.45) is 0 Å². The van der Waals surface area contributed by atoms with Crippen LogP contribution in [0.1, 0.15) is 46.0 Å². The Hall–Kier alpha value is -3.92. The van der Waals surface area contributed by atoms with Gasteiger partial charge < -0.3 is 16.0 Å². The van der Waals surface area contributed by atoms with Gasteiger partial charge in [0.2, 0.25) is 5.91 Å². The van der Waals surface area contributed by atoms with E-state index in [2.05, 4.69) is 20.9 Å². The highest BCUT2D eigenvalue weighted by atomic mass is 35.5. The molecule has 1 aromatic heterocycles. The Morgan fingerprint density at radius 3 is 2.30 bits per heavy atom. The average Bonchev–Trinajstić information content (AvgIpc) is 3.68. The van der Waals surface area contributed by atoms with Gasteiger partial charge in [-0.3, -0.25) is 19.4 Å². The lowest BCUT2D eigenvalue weighted by Gasteiger charge is -2.16. The van der Waals surface area contributed by atoms with E-state index in [1.807, 2.05) is 0 Å². The normalized spacial score (nSPS) is 14.0. The molecule has 1 heterocycles. The minimum atomic E-state index is -4.68. The van der Waals surface area contributed by atoms with Gasteiger partial charge in [-0.1, -0.05) is 23.7 Å². The number of anilines is 1. The molecule has 2 aromatic carbocycles. The second-order valence-corrected chi connectivity index (χ2v) is 9.07. The van der Waals surface area contributed by atoms with Crippen molar-refractivity contribution < 1.29 is 27.6 Å². The van der Waals surface area contributed by atoms with Crippen LogP contribution in [0.4, 0.5) is 18.9 Å². The van der Waals surface area contributed by atoms with Gasteiger partial charge in [-0.25, -0.2) is 0 Å². The lowest BCUT2D eigenvalue weighted by Crippen LogP contribution is -2.41. The van der Waals surface area contributed by atoms with Crippen LogP contribution in [0.3, 0.4) is 0 Å². The van der Waals surface area contributed by atoms with Crippen LogP contribution in [0, 0.1) is 0 Å². The van der Waals surface area contributed by atoms with Gasteiger partial charge in [-0.2, -0.15) is 13.2 Å². The summed E-state index contributed by atoms with van der Waals surface area (Å²) in [5, 5.41) is 7.28. The van der Waals surface area contributed by atoms with Crippen LogP contribution in [0.15, 0.2) is 60.9 Å². The minimum Gasteiger partial charge on any atom is -0.349 e. The van der Waals surface area contributed by atoms with Gasteiger partial charge in [0.25, 0.3) is 11.8 Å². The Bertz CT molecular complexity index is 1340. The summed E-state index contributed by atoms with van der Waals surface area (Å²) < 4.78 is 39.1. The highest BCUT2D eigenvalue weighted by Crippen LogP contribution is 2.36. The number of hydrogen-bond donors (Lipinski definition) is 3. The Morgan fingerprint density at radius 2 is 1.65 bits per heavy atom. The van der Waals surface area contributed by atoms with Gasteiger partial charge >= 0.3 is 6.18 Å². The molecule has 3 N–H and O–H groups in total. The summed E-state index contributed by atoms with van der Waals surface area (Å²) in [7, 11) is 0. The monoisotopic (exact) mass is 530 g/mol. The van der Waals surface area contributed by atoms with Gasteiger partial charge in [0.15, 0.2) is 0 Å². The standard InChI is InChI=1S/C26H22ClF3N4O3/c1-14(23(35)34-20-8-9-22(27)21(11-20)26(28,29)30)32-24(36)16-4-2-15(3-5-16)17-10-18(13-31-12-17)25(37)33-19-6-7-19/h2-5,8-14,19H,6-7H2,1H3,(H,32,36)(H,33,37)(H,34,35)/t14-/m0/s1. The maximum absolute atomic E-state index is 13.0. The maximum atomic E-state index is 13.0. The van der Waals surface area contributed by atoms with Crippen LogP contribution < -0.4 is 16.0 Å². The molecule has 1 aliphatic carbocycles. The van der Waals surface area contributed by atoms with Crippen molar-refractivity contribution in [1.29, 1.82) is 0 Å². The quantitative estimate of drug-likeness (QED) is 0.397. The molecule has 37 heavy (non-hydrogen) atoms. The molecule has 1 fully saturated rings. The van der Waals surface area contributed by atoms with Crippen molar-refractivity contribution in [3.63, 3.8) is 0 Å². The van der Waals surface area contributed by atoms with Gasteiger partial charge in [0.1, 0.15) is 6.04 Å². The average molecular weight is 531 g/mol. The smallest absolute Gasteiger partial charge is 0.349 e. The predicted octanol–water partition coefficient (Wildman–Crippen LogP) is 5.07. The molecule has 0 saturated heterocycles. The second kappa shape index (κ2) is 10.6. The van der Waals surface area contributed by atoms with E-state index in [9.17, 15) is 27.6 Å². The largest absolute Gasteiger partial charge is 0.417 e. The number of hydrogen-bond acceptors (Lipinski definition) is 4. The van der Waals surface area contributed by atoms with E-state index in [-0.39, 0.29) is 23.2 Å². The number of carbonyl (C=O) groups is 3. The molecule has 0 radical (unpaired) electrons. The van der Waals surface area contributed by atoms with E-state index in [1.54, 1.807) is 36.5 Å². The summed E-state index contributed by atoms with van der Waals surface area (Å²) in [6.07, 6.45) is 0.371. The molecule has 3 aromatic rings. The number of benzene rings is 2. The lowest BCUT2D eigenvalue weighted by molar-refractivity contribution is -0.137. The number of rotatable bonds is 7. The van der Waals surface area contributed by atoms with Crippen molar-refractivity contribution >= 4 is 35.0 Å². The number of carbonyl (C=O) groups excluding carboxylic acids is 3. The van der Waals surface area contributed by atoms with Crippen molar-refractivity contribution in [2.75, 3.05) is 5.32 Å². The molecule has 4 rings (SSSR count). The van der Waals surface area contributed by atoms with Crippen molar-refractivity contribution in [1.82, 2.24) is 15.6 Å². The van der Waals surface area contributed by atoms with Gasteiger partial charge in [-0.15, -0.1) is 0 Å². The number of nitrogens with zero attached hydrogens (tertiary/aromatic N) is 1. The van der Waals surface area contributed by atoms with Crippen LogP contribution in [-0.2, 0) is 11.0 Å². The fraction of sp³-hybridized carbons (Fsp3) is 0.231. The number of amides is 3.